The lowest BCUT2D eigenvalue weighted by Gasteiger charge is -2.37. The van der Waals surface area contributed by atoms with Crippen LogP contribution in [0.3, 0.4) is 0 Å². The van der Waals surface area contributed by atoms with Gasteiger partial charge in [0.1, 0.15) is 17.3 Å². The van der Waals surface area contributed by atoms with Gasteiger partial charge in [-0.1, -0.05) is 36.4 Å². The summed E-state index contributed by atoms with van der Waals surface area (Å²) in [7, 11) is 3.33. The minimum atomic E-state index is -0.354. The van der Waals surface area contributed by atoms with Crippen molar-refractivity contribution < 1.29 is 14.3 Å². The van der Waals surface area contributed by atoms with Gasteiger partial charge in [0, 0.05) is 65.5 Å². The molecule has 0 bridgehead atoms. The molecule has 6 aromatic rings. The molecule has 2 atom stereocenters. The van der Waals surface area contributed by atoms with E-state index in [2.05, 4.69) is 73.5 Å². The van der Waals surface area contributed by atoms with Crippen molar-refractivity contribution in [2.45, 2.75) is 44.3 Å². The summed E-state index contributed by atoms with van der Waals surface area (Å²) in [5, 5.41) is 15.5. The summed E-state index contributed by atoms with van der Waals surface area (Å²) < 4.78 is 13.6. The summed E-state index contributed by atoms with van der Waals surface area (Å²) in [4.78, 5) is 21.2. The third-order valence-electron chi connectivity index (χ3n) is 9.39. The number of methoxy groups -OCH3 is 2. The number of fused-ring (bicyclic) bond motifs is 2. The Kier molecular flexibility index (Phi) is 8.64. The lowest BCUT2D eigenvalue weighted by Crippen LogP contribution is -2.54. The lowest BCUT2D eigenvalue weighted by molar-refractivity contribution is -0.121. The Hall–Kier alpha value is -5.13. The van der Waals surface area contributed by atoms with E-state index < -0.39 is 0 Å². The molecule has 0 radical (unpaired) electrons. The number of hydrogen-bond acceptors (Lipinski definition) is 7. The Morgan fingerprint density at radius 1 is 0.915 bits per heavy atom. The largest absolute Gasteiger partial charge is 0.497 e. The first kappa shape index (κ1) is 30.5. The molecule has 242 valence electrons. The number of aryl methyl sites for hydroxylation is 2. The number of aromatic nitrogens is 5. The summed E-state index contributed by atoms with van der Waals surface area (Å²) in [6.07, 6.45) is 7.01. The van der Waals surface area contributed by atoms with Crippen molar-refractivity contribution in [1.29, 1.82) is 0 Å². The first-order valence-electron chi connectivity index (χ1n) is 16.0. The number of amides is 1. The number of carbonyl (C=O) groups is 1. The monoisotopic (exact) mass is 632 g/mol. The number of nitrogens with one attached hydrogen (secondary N) is 3. The third-order valence-corrected chi connectivity index (χ3v) is 9.39. The molecule has 3 aromatic heterocycles. The molecule has 1 amide bonds. The van der Waals surface area contributed by atoms with Crippen molar-refractivity contribution in [1.82, 2.24) is 34.9 Å². The Morgan fingerprint density at radius 3 is 2.32 bits per heavy atom. The number of aromatic amines is 2. The number of primary amides is 1. The molecule has 1 unspecified atom stereocenters. The first-order chi connectivity index (χ1) is 23.0. The molecule has 3 aromatic carbocycles. The molecule has 0 spiro atoms. The van der Waals surface area contributed by atoms with Gasteiger partial charge >= 0.3 is 0 Å². The molecular formula is C36H40N8O3. The summed E-state index contributed by atoms with van der Waals surface area (Å²) in [5.74, 6) is 2.90. The summed E-state index contributed by atoms with van der Waals surface area (Å²) in [6.45, 7) is 1.72. The van der Waals surface area contributed by atoms with Crippen LogP contribution < -0.4 is 20.5 Å². The highest BCUT2D eigenvalue weighted by Gasteiger charge is 2.32. The van der Waals surface area contributed by atoms with Gasteiger partial charge in [-0.15, -0.1) is 10.2 Å². The minimum Gasteiger partial charge on any atom is -0.497 e. The second-order valence-corrected chi connectivity index (χ2v) is 12.1. The maximum atomic E-state index is 12.0. The highest BCUT2D eigenvalue weighted by molar-refractivity contribution is 5.84. The predicted molar refractivity (Wildman–Crippen MR) is 181 cm³/mol. The van der Waals surface area contributed by atoms with E-state index in [1.165, 1.54) is 21.9 Å². The van der Waals surface area contributed by atoms with Gasteiger partial charge < -0.3 is 29.7 Å². The Bertz CT molecular complexity index is 2000. The van der Waals surface area contributed by atoms with Gasteiger partial charge in [-0.05, 0) is 54.7 Å². The zero-order chi connectivity index (χ0) is 32.3. The van der Waals surface area contributed by atoms with Crippen molar-refractivity contribution in [3.8, 4) is 11.5 Å². The lowest BCUT2D eigenvalue weighted by atomic mass is 10.0. The van der Waals surface area contributed by atoms with Crippen molar-refractivity contribution in [3.63, 3.8) is 0 Å². The van der Waals surface area contributed by atoms with Gasteiger partial charge in [-0.3, -0.25) is 15.0 Å². The van der Waals surface area contributed by atoms with Crippen LogP contribution in [0.2, 0.25) is 0 Å². The zero-order valence-corrected chi connectivity index (χ0v) is 26.7. The number of para-hydroxylation sites is 2. The van der Waals surface area contributed by atoms with E-state index >= 15 is 0 Å². The minimum absolute atomic E-state index is 0.130. The summed E-state index contributed by atoms with van der Waals surface area (Å²) in [6, 6.07) is 22.1. The second-order valence-electron chi connectivity index (χ2n) is 12.1. The number of carbonyl (C=O) groups excluding carboxylic acids is 1. The molecule has 4 heterocycles. The summed E-state index contributed by atoms with van der Waals surface area (Å²) in [5.41, 5.74) is 11.3. The highest BCUT2D eigenvalue weighted by Crippen LogP contribution is 2.32. The van der Waals surface area contributed by atoms with Crippen LogP contribution in [0.25, 0.3) is 21.8 Å². The highest BCUT2D eigenvalue weighted by atomic mass is 16.5. The van der Waals surface area contributed by atoms with Gasteiger partial charge in [0.25, 0.3) is 0 Å². The molecule has 5 N–H and O–H groups in total. The van der Waals surface area contributed by atoms with Gasteiger partial charge in [-0.25, -0.2) is 0 Å². The Labute approximate surface area is 273 Å². The summed E-state index contributed by atoms with van der Waals surface area (Å²) >= 11 is 0. The van der Waals surface area contributed by atoms with Crippen molar-refractivity contribution in [2.75, 3.05) is 27.4 Å². The molecule has 11 heteroatoms. The third kappa shape index (κ3) is 6.19. The van der Waals surface area contributed by atoms with Crippen molar-refractivity contribution >= 4 is 27.7 Å². The van der Waals surface area contributed by atoms with Gasteiger partial charge in [0.05, 0.1) is 32.8 Å². The molecule has 1 fully saturated rings. The molecule has 0 aliphatic carbocycles. The van der Waals surface area contributed by atoms with E-state index in [9.17, 15) is 4.79 Å². The standard InChI is InChI=1S/C36H40N8O3/c1-46-26-13-11-24(33(18-26)47-2)21-44-34(14-12-23-19-38-29-9-5-3-7-27(23)29)41-42-36(44)32(43-16-15-31(35(37)45)40-22-43)17-25-20-39-30-10-6-4-8-28(25)30/h3-11,13,18-20,31-32,38-40H,12,14-17,21-22H2,1-2H3,(H2,37,45)/t31?,32-/m1/s1. The average molecular weight is 633 g/mol. The van der Waals surface area contributed by atoms with Crippen LogP contribution in [0.5, 0.6) is 11.5 Å². The number of hydrogen-bond donors (Lipinski definition) is 4. The number of H-pyrrole nitrogens is 2. The van der Waals surface area contributed by atoms with Crippen LogP contribution in [-0.2, 0) is 30.6 Å². The SMILES string of the molecule is COc1ccc(Cn2c(CCc3c[nH]c4ccccc34)nnc2[C@@H](Cc2c[nH]c3ccccc23)N2CCC(C(N)=O)NC2)c(OC)c1. The zero-order valence-electron chi connectivity index (χ0n) is 26.7. The fourth-order valence-electron chi connectivity index (χ4n) is 6.80. The maximum Gasteiger partial charge on any atom is 0.234 e. The van der Waals surface area contributed by atoms with E-state index in [0.29, 0.717) is 39.0 Å². The van der Waals surface area contributed by atoms with Gasteiger partial charge in [0.15, 0.2) is 5.82 Å². The van der Waals surface area contributed by atoms with E-state index in [-0.39, 0.29) is 18.0 Å². The number of nitrogens with zero attached hydrogens (tertiary/aromatic N) is 4. The van der Waals surface area contributed by atoms with Gasteiger partial charge in [-0.2, -0.15) is 0 Å². The smallest absolute Gasteiger partial charge is 0.234 e. The van der Waals surface area contributed by atoms with Crippen LogP contribution in [0.15, 0.2) is 79.1 Å². The normalized spacial score (nSPS) is 16.1. The molecule has 1 aliphatic heterocycles. The van der Waals surface area contributed by atoms with E-state index in [0.717, 1.165) is 46.2 Å². The average Bonchev–Trinajstić information content (AvgIpc) is 3.83. The van der Waals surface area contributed by atoms with Crippen LogP contribution in [-0.4, -0.2) is 69.0 Å². The molecule has 1 aliphatic rings. The molecule has 1 saturated heterocycles. The molecule has 11 nitrogen and oxygen atoms in total. The number of nitrogens with two attached hydrogens (primary N) is 1. The molecule has 0 saturated carbocycles. The van der Waals surface area contributed by atoms with Gasteiger partial charge in [0.2, 0.25) is 5.91 Å². The van der Waals surface area contributed by atoms with E-state index in [1.807, 2.05) is 30.3 Å². The van der Waals surface area contributed by atoms with Crippen LogP contribution in [0.1, 0.15) is 40.8 Å². The van der Waals surface area contributed by atoms with Crippen LogP contribution in [0, 0.1) is 0 Å². The van der Waals surface area contributed by atoms with E-state index in [4.69, 9.17) is 25.4 Å². The Morgan fingerprint density at radius 2 is 1.64 bits per heavy atom. The molecule has 7 rings (SSSR count). The quantitative estimate of drug-likeness (QED) is 0.156. The number of ether oxygens (including phenoxy) is 2. The topological polar surface area (TPSA) is 139 Å². The second kappa shape index (κ2) is 13.3. The van der Waals surface area contributed by atoms with Crippen LogP contribution in [0.4, 0.5) is 0 Å². The fourth-order valence-corrected chi connectivity index (χ4v) is 6.80. The number of benzene rings is 3. The van der Waals surface area contributed by atoms with Crippen LogP contribution >= 0.6 is 0 Å². The maximum absolute atomic E-state index is 12.0. The fraction of sp³-hybridized carbons (Fsp3) is 0.306. The predicted octanol–water partition coefficient (Wildman–Crippen LogP) is 4.48. The van der Waals surface area contributed by atoms with Crippen molar-refractivity contribution in [3.05, 3.63) is 107 Å². The Balaban J connectivity index is 1.29. The first-order valence-corrected chi connectivity index (χ1v) is 16.0. The molecule has 47 heavy (non-hydrogen) atoms. The van der Waals surface area contributed by atoms with E-state index in [1.54, 1.807) is 14.2 Å². The van der Waals surface area contributed by atoms with Crippen molar-refractivity contribution in [2.24, 2.45) is 5.73 Å². The number of rotatable bonds is 12. The molecular weight excluding hydrogens is 592 g/mol.